The molecule has 0 saturated heterocycles. The second-order valence-electron chi connectivity index (χ2n) is 4.16. The van der Waals surface area contributed by atoms with Crippen molar-refractivity contribution < 1.29 is 8.42 Å². The number of nitrogens with two attached hydrogens (primary N) is 1. The first kappa shape index (κ1) is 14.6. The number of rotatable bonds is 6. The van der Waals surface area contributed by atoms with Gasteiger partial charge in [-0.25, -0.2) is 13.1 Å². The summed E-state index contributed by atoms with van der Waals surface area (Å²) in [5, 5.41) is 0. The molecular formula is C11H20N2O2S2. The van der Waals surface area contributed by atoms with Gasteiger partial charge >= 0.3 is 0 Å². The third-order valence-corrected chi connectivity index (χ3v) is 6.15. The van der Waals surface area contributed by atoms with Crippen LogP contribution in [0.2, 0.25) is 0 Å². The lowest BCUT2D eigenvalue weighted by Gasteiger charge is -2.30. The van der Waals surface area contributed by atoms with Crippen LogP contribution in [0.15, 0.2) is 16.3 Å². The molecule has 0 unspecified atom stereocenters. The highest BCUT2D eigenvalue weighted by Crippen LogP contribution is 2.24. The molecule has 6 heteroatoms. The lowest BCUT2D eigenvalue weighted by molar-refractivity contribution is 0.363. The van der Waals surface area contributed by atoms with E-state index in [-0.39, 0.29) is 0 Å². The molecule has 0 spiro atoms. The number of thiophene rings is 1. The summed E-state index contributed by atoms with van der Waals surface area (Å²) in [5.74, 6) is 0. The van der Waals surface area contributed by atoms with Crippen LogP contribution in [0.1, 0.15) is 31.6 Å². The molecule has 0 amide bonds. The smallest absolute Gasteiger partial charge is 0.250 e. The van der Waals surface area contributed by atoms with E-state index in [1.807, 2.05) is 20.8 Å². The summed E-state index contributed by atoms with van der Waals surface area (Å²) >= 11 is 1.28. The molecule has 1 heterocycles. The van der Waals surface area contributed by atoms with E-state index in [9.17, 15) is 8.42 Å². The summed E-state index contributed by atoms with van der Waals surface area (Å²) in [5.41, 5.74) is 5.16. The Morgan fingerprint density at radius 2 is 1.94 bits per heavy atom. The van der Waals surface area contributed by atoms with Crippen molar-refractivity contribution in [1.29, 1.82) is 0 Å². The molecule has 0 radical (unpaired) electrons. The Morgan fingerprint density at radius 3 is 2.29 bits per heavy atom. The standard InChI is InChI=1S/C11H20N2O2S2/c1-4-11(5-2,8-12)13-17(14,15)10-7-6-9(3)16-10/h6-7,13H,4-5,8,12H2,1-3H3. The molecule has 1 aromatic heterocycles. The maximum atomic E-state index is 12.2. The van der Waals surface area contributed by atoms with Gasteiger partial charge in [0.05, 0.1) is 0 Å². The molecule has 0 fully saturated rings. The third-order valence-electron chi connectivity index (χ3n) is 3.08. The molecule has 1 rings (SSSR count). The first-order valence-corrected chi connectivity index (χ1v) is 7.99. The van der Waals surface area contributed by atoms with Gasteiger partial charge in [0.25, 0.3) is 10.0 Å². The predicted octanol–water partition coefficient (Wildman–Crippen LogP) is 1.85. The molecule has 4 nitrogen and oxygen atoms in total. The van der Waals surface area contributed by atoms with Crippen molar-refractivity contribution in [2.45, 2.75) is 43.4 Å². The number of hydrogen-bond acceptors (Lipinski definition) is 4. The van der Waals surface area contributed by atoms with Crippen molar-refractivity contribution in [1.82, 2.24) is 4.72 Å². The van der Waals surface area contributed by atoms with Crippen LogP contribution in [0.4, 0.5) is 0 Å². The lowest BCUT2D eigenvalue weighted by Crippen LogP contribution is -2.52. The van der Waals surface area contributed by atoms with Gasteiger partial charge in [0.15, 0.2) is 0 Å². The number of nitrogens with one attached hydrogen (secondary N) is 1. The molecule has 0 aliphatic heterocycles. The fourth-order valence-corrected chi connectivity index (χ4v) is 4.45. The van der Waals surface area contributed by atoms with E-state index in [1.54, 1.807) is 12.1 Å². The average molecular weight is 276 g/mol. The summed E-state index contributed by atoms with van der Waals surface area (Å²) < 4.78 is 27.5. The molecule has 0 aliphatic rings. The van der Waals surface area contributed by atoms with Crippen molar-refractivity contribution in [2.24, 2.45) is 5.73 Å². The van der Waals surface area contributed by atoms with Gasteiger partial charge in [-0.15, -0.1) is 11.3 Å². The van der Waals surface area contributed by atoms with E-state index < -0.39 is 15.6 Å². The molecular weight excluding hydrogens is 256 g/mol. The zero-order valence-corrected chi connectivity index (χ0v) is 12.1. The van der Waals surface area contributed by atoms with Crippen LogP contribution in [-0.4, -0.2) is 20.5 Å². The van der Waals surface area contributed by atoms with E-state index >= 15 is 0 Å². The lowest BCUT2D eigenvalue weighted by atomic mass is 9.95. The predicted molar refractivity (Wildman–Crippen MR) is 71.7 cm³/mol. The summed E-state index contributed by atoms with van der Waals surface area (Å²) in [6.45, 7) is 6.08. The summed E-state index contributed by atoms with van der Waals surface area (Å²) in [4.78, 5) is 0.983. The fraction of sp³-hybridized carbons (Fsp3) is 0.636. The summed E-state index contributed by atoms with van der Waals surface area (Å²) in [6, 6.07) is 3.44. The highest BCUT2D eigenvalue weighted by molar-refractivity contribution is 7.91. The quantitative estimate of drug-likeness (QED) is 0.833. The Morgan fingerprint density at radius 1 is 1.35 bits per heavy atom. The van der Waals surface area contributed by atoms with Crippen molar-refractivity contribution in [3.63, 3.8) is 0 Å². The van der Waals surface area contributed by atoms with Gasteiger partial charge in [-0.05, 0) is 31.9 Å². The largest absolute Gasteiger partial charge is 0.329 e. The highest BCUT2D eigenvalue weighted by Gasteiger charge is 2.31. The number of hydrogen-bond donors (Lipinski definition) is 2. The number of sulfonamides is 1. The van der Waals surface area contributed by atoms with E-state index in [0.717, 1.165) is 4.88 Å². The zero-order chi connectivity index (χ0) is 13.1. The van der Waals surface area contributed by atoms with Crippen LogP contribution in [0.5, 0.6) is 0 Å². The summed E-state index contributed by atoms with van der Waals surface area (Å²) in [7, 11) is -3.44. The van der Waals surface area contributed by atoms with E-state index in [2.05, 4.69) is 4.72 Å². The minimum atomic E-state index is -3.44. The van der Waals surface area contributed by atoms with Crippen molar-refractivity contribution in [2.75, 3.05) is 6.54 Å². The highest BCUT2D eigenvalue weighted by atomic mass is 32.2. The van der Waals surface area contributed by atoms with Gasteiger partial charge in [-0.1, -0.05) is 13.8 Å². The van der Waals surface area contributed by atoms with Crippen LogP contribution < -0.4 is 10.5 Å². The van der Waals surface area contributed by atoms with Gasteiger partial charge in [0.1, 0.15) is 4.21 Å². The first-order chi connectivity index (χ1) is 7.89. The first-order valence-electron chi connectivity index (χ1n) is 5.69. The van der Waals surface area contributed by atoms with Crippen LogP contribution in [0.25, 0.3) is 0 Å². The Bertz CT molecular complexity index is 453. The molecule has 0 bridgehead atoms. The molecule has 98 valence electrons. The molecule has 0 aromatic carbocycles. The van der Waals surface area contributed by atoms with E-state index in [0.29, 0.717) is 23.6 Å². The topological polar surface area (TPSA) is 72.2 Å². The second kappa shape index (κ2) is 5.48. The average Bonchev–Trinajstić information content (AvgIpc) is 2.74. The Balaban J connectivity index is 3.00. The maximum absolute atomic E-state index is 12.2. The zero-order valence-electron chi connectivity index (χ0n) is 10.5. The van der Waals surface area contributed by atoms with Gasteiger partial charge in [-0.2, -0.15) is 0 Å². The van der Waals surface area contributed by atoms with E-state index in [4.69, 9.17) is 5.73 Å². The summed E-state index contributed by atoms with van der Waals surface area (Å²) in [6.07, 6.45) is 1.37. The minimum absolute atomic E-state index is 0.309. The van der Waals surface area contributed by atoms with Crippen molar-refractivity contribution in [3.8, 4) is 0 Å². The number of aryl methyl sites for hydroxylation is 1. The van der Waals surface area contributed by atoms with Crippen LogP contribution in [0, 0.1) is 6.92 Å². The van der Waals surface area contributed by atoms with Crippen molar-refractivity contribution >= 4 is 21.4 Å². The molecule has 0 aliphatic carbocycles. The second-order valence-corrected chi connectivity index (χ2v) is 7.36. The molecule has 17 heavy (non-hydrogen) atoms. The minimum Gasteiger partial charge on any atom is -0.329 e. The fourth-order valence-electron chi connectivity index (χ4n) is 1.62. The van der Waals surface area contributed by atoms with Crippen LogP contribution in [-0.2, 0) is 10.0 Å². The normalized spacial score (nSPS) is 12.9. The van der Waals surface area contributed by atoms with Gasteiger partial charge in [0, 0.05) is 17.0 Å². The Labute approximate surface area is 107 Å². The van der Waals surface area contributed by atoms with Crippen LogP contribution in [0.3, 0.4) is 0 Å². The van der Waals surface area contributed by atoms with Gasteiger partial charge in [-0.3, -0.25) is 0 Å². The Hall–Kier alpha value is -0.430. The van der Waals surface area contributed by atoms with Gasteiger partial charge in [0.2, 0.25) is 0 Å². The molecule has 3 N–H and O–H groups in total. The monoisotopic (exact) mass is 276 g/mol. The Kier molecular flexibility index (Phi) is 4.71. The molecule has 1 aromatic rings. The SMILES string of the molecule is CCC(CC)(CN)NS(=O)(=O)c1ccc(C)s1. The van der Waals surface area contributed by atoms with E-state index in [1.165, 1.54) is 11.3 Å². The van der Waals surface area contributed by atoms with Crippen molar-refractivity contribution in [3.05, 3.63) is 17.0 Å². The van der Waals surface area contributed by atoms with Gasteiger partial charge < -0.3 is 5.73 Å². The maximum Gasteiger partial charge on any atom is 0.250 e. The molecule has 0 atom stereocenters. The third kappa shape index (κ3) is 3.28. The van der Waals surface area contributed by atoms with Crippen LogP contribution >= 0.6 is 11.3 Å². The molecule has 0 saturated carbocycles.